The largest absolute Gasteiger partial charge is 0.332 e. The lowest BCUT2D eigenvalue weighted by molar-refractivity contribution is 0.381. The van der Waals surface area contributed by atoms with Crippen LogP contribution in [0.3, 0.4) is 0 Å². The van der Waals surface area contributed by atoms with Gasteiger partial charge in [-0.15, -0.1) is 6.58 Å². The van der Waals surface area contributed by atoms with Gasteiger partial charge in [-0.2, -0.15) is 4.31 Å². The summed E-state index contributed by atoms with van der Waals surface area (Å²) >= 11 is 0. The highest BCUT2D eigenvalue weighted by molar-refractivity contribution is 7.89. The van der Waals surface area contributed by atoms with E-state index in [4.69, 9.17) is 0 Å². The van der Waals surface area contributed by atoms with E-state index < -0.39 is 10.0 Å². The third kappa shape index (κ3) is 2.95. The molecule has 0 aliphatic heterocycles. The number of nitrogens with one attached hydrogen (secondary N) is 1. The molecule has 0 aliphatic carbocycles. The summed E-state index contributed by atoms with van der Waals surface area (Å²) in [6.07, 6.45) is 3.62. The van der Waals surface area contributed by atoms with Gasteiger partial charge in [0.05, 0.1) is 6.20 Å². The number of hydrogen-bond acceptors (Lipinski definition) is 3. The Labute approximate surface area is 103 Å². The molecule has 1 aromatic heterocycles. The first-order valence-electron chi connectivity index (χ1n) is 5.60. The molecule has 0 unspecified atom stereocenters. The molecule has 1 heterocycles. The van der Waals surface area contributed by atoms with Crippen molar-refractivity contribution in [1.82, 2.24) is 14.3 Å². The molecule has 5 nitrogen and oxygen atoms in total. The third-order valence-corrected chi connectivity index (χ3v) is 4.36. The number of hydrogen-bond donors (Lipinski definition) is 1. The fourth-order valence-electron chi connectivity index (χ4n) is 1.49. The number of nitrogens with zero attached hydrogens (tertiary/aromatic N) is 2. The molecule has 1 N–H and O–H groups in total. The van der Waals surface area contributed by atoms with E-state index in [1.54, 1.807) is 6.08 Å². The third-order valence-electron chi connectivity index (χ3n) is 2.41. The number of aromatic amines is 1. The maximum Gasteiger partial charge on any atom is 0.260 e. The van der Waals surface area contributed by atoms with Gasteiger partial charge in [-0.05, 0) is 13.8 Å². The number of aromatic nitrogens is 2. The van der Waals surface area contributed by atoms with Crippen LogP contribution in [0.25, 0.3) is 0 Å². The quantitative estimate of drug-likeness (QED) is 0.786. The molecule has 0 saturated heterocycles. The molecule has 0 aliphatic rings. The summed E-state index contributed by atoms with van der Waals surface area (Å²) in [4.78, 5) is 6.84. The molecule has 0 bridgehead atoms. The predicted octanol–water partition coefficient (Wildman–Crippen LogP) is 1.56. The van der Waals surface area contributed by atoms with E-state index in [-0.39, 0.29) is 11.1 Å². The highest BCUT2D eigenvalue weighted by atomic mass is 32.2. The summed E-state index contributed by atoms with van der Waals surface area (Å²) in [5, 5.41) is 0.143. The molecule has 6 heteroatoms. The first-order chi connectivity index (χ1) is 7.93. The molecular weight excluding hydrogens is 238 g/mol. The minimum absolute atomic E-state index is 0.119. The van der Waals surface area contributed by atoms with Crippen molar-refractivity contribution in [3.63, 3.8) is 0 Å². The van der Waals surface area contributed by atoms with Crippen molar-refractivity contribution < 1.29 is 8.42 Å². The van der Waals surface area contributed by atoms with Crippen molar-refractivity contribution in [1.29, 1.82) is 0 Å². The Balaban J connectivity index is 3.11. The maximum absolute atomic E-state index is 12.3. The van der Waals surface area contributed by atoms with Gasteiger partial charge < -0.3 is 4.98 Å². The van der Waals surface area contributed by atoms with E-state index in [1.807, 2.05) is 20.8 Å². The molecule has 1 rings (SSSR count). The van der Waals surface area contributed by atoms with E-state index in [0.29, 0.717) is 18.8 Å². The molecule has 1 aromatic rings. The number of H-pyrrole nitrogens is 1. The fourth-order valence-corrected chi connectivity index (χ4v) is 3.04. The van der Waals surface area contributed by atoms with Crippen LogP contribution < -0.4 is 0 Å². The SMILES string of the molecule is C=CCN(C(C)C)S(=O)(=O)c1cnc(CC)[nH]1. The molecule has 0 fully saturated rings. The van der Waals surface area contributed by atoms with E-state index in [9.17, 15) is 8.42 Å². The van der Waals surface area contributed by atoms with Crippen LogP contribution in [0.15, 0.2) is 23.9 Å². The molecule has 0 spiro atoms. The monoisotopic (exact) mass is 257 g/mol. The molecule has 0 aromatic carbocycles. The van der Waals surface area contributed by atoms with Crippen LogP contribution >= 0.6 is 0 Å². The second kappa shape index (κ2) is 5.46. The Morgan fingerprint density at radius 2 is 2.24 bits per heavy atom. The van der Waals surface area contributed by atoms with Gasteiger partial charge in [0.1, 0.15) is 5.82 Å². The molecule has 0 radical (unpaired) electrons. The van der Waals surface area contributed by atoms with Crippen molar-refractivity contribution in [2.24, 2.45) is 0 Å². The minimum Gasteiger partial charge on any atom is -0.332 e. The van der Waals surface area contributed by atoms with Crippen LogP contribution in [0.1, 0.15) is 26.6 Å². The van der Waals surface area contributed by atoms with Gasteiger partial charge in [0, 0.05) is 19.0 Å². The van der Waals surface area contributed by atoms with Gasteiger partial charge in [0.25, 0.3) is 10.0 Å². The Morgan fingerprint density at radius 1 is 1.59 bits per heavy atom. The van der Waals surface area contributed by atoms with Crippen LogP contribution in [0, 0.1) is 0 Å². The molecule has 17 heavy (non-hydrogen) atoms. The van der Waals surface area contributed by atoms with Gasteiger partial charge >= 0.3 is 0 Å². The Morgan fingerprint density at radius 3 is 2.65 bits per heavy atom. The molecular formula is C11H19N3O2S. The second-order valence-corrected chi connectivity index (χ2v) is 5.86. The molecule has 0 atom stereocenters. The van der Waals surface area contributed by atoms with Gasteiger partial charge in [-0.3, -0.25) is 0 Å². The highest BCUT2D eigenvalue weighted by Gasteiger charge is 2.27. The van der Waals surface area contributed by atoms with Crippen molar-refractivity contribution in [2.45, 2.75) is 38.3 Å². The van der Waals surface area contributed by atoms with Gasteiger partial charge in [0.15, 0.2) is 5.03 Å². The predicted molar refractivity (Wildman–Crippen MR) is 67.2 cm³/mol. The Bertz CT molecular complexity index is 477. The zero-order valence-electron chi connectivity index (χ0n) is 10.5. The normalized spacial score (nSPS) is 12.3. The van der Waals surface area contributed by atoms with Crippen molar-refractivity contribution in [3.8, 4) is 0 Å². The zero-order valence-corrected chi connectivity index (χ0v) is 11.3. The lowest BCUT2D eigenvalue weighted by Gasteiger charge is -2.23. The molecule has 96 valence electrons. The summed E-state index contributed by atoms with van der Waals surface area (Å²) in [5.74, 6) is 0.672. The first kappa shape index (κ1) is 13.9. The van der Waals surface area contributed by atoms with Crippen LogP contribution in [0.5, 0.6) is 0 Å². The van der Waals surface area contributed by atoms with Crippen LogP contribution in [0.4, 0.5) is 0 Å². The van der Waals surface area contributed by atoms with Gasteiger partial charge in [-0.1, -0.05) is 13.0 Å². The average Bonchev–Trinajstić information content (AvgIpc) is 2.74. The van der Waals surface area contributed by atoms with Crippen molar-refractivity contribution in [2.75, 3.05) is 6.54 Å². The highest BCUT2D eigenvalue weighted by Crippen LogP contribution is 2.16. The zero-order chi connectivity index (χ0) is 13.1. The second-order valence-electron chi connectivity index (χ2n) is 4.00. The van der Waals surface area contributed by atoms with Crippen LogP contribution in [0.2, 0.25) is 0 Å². The summed E-state index contributed by atoms with van der Waals surface area (Å²) in [7, 11) is -3.51. The number of aryl methyl sites for hydroxylation is 1. The van der Waals surface area contributed by atoms with E-state index in [2.05, 4.69) is 16.5 Å². The Kier molecular flexibility index (Phi) is 4.47. The van der Waals surface area contributed by atoms with Gasteiger partial charge in [-0.25, -0.2) is 13.4 Å². The number of sulfonamides is 1. The van der Waals surface area contributed by atoms with Crippen molar-refractivity contribution >= 4 is 10.0 Å². The first-order valence-corrected chi connectivity index (χ1v) is 7.04. The molecule has 0 amide bonds. The summed E-state index contributed by atoms with van der Waals surface area (Å²) < 4.78 is 26.0. The topological polar surface area (TPSA) is 66.1 Å². The molecule has 0 saturated carbocycles. The summed E-state index contributed by atoms with van der Waals surface area (Å²) in [5.41, 5.74) is 0. The smallest absolute Gasteiger partial charge is 0.260 e. The average molecular weight is 257 g/mol. The maximum atomic E-state index is 12.3. The number of rotatable bonds is 6. The summed E-state index contributed by atoms with van der Waals surface area (Å²) in [6, 6.07) is -0.119. The Hall–Kier alpha value is -1.14. The standard InChI is InChI=1S/C11H19N3O2S/c1-5-7-14(9(3)4)17(15,16)11-8-12-10(6-2)13-11/h5,8-9H,1,6-7H2,2-4H3,(H,12,13). The van der Waals surface area contributed by atoms with Crippen molar-refractivity contribution in [3.05, 3.63) is 24.7 Å². The van der Waals surface area contributed by atoms with Crippen LogP contribution in [-0.4, -0.2) is 35.3 Å². The minimum atomic E-state index is -3.51. The van der Waals surface area contributed by atoms with E-state index in [1.165, 1.54) is 10.5 Å². The van der Waals surface area contributed by atoms with E-state index >= 15 is 0 Å². The lowest BCUT2D eigenvalue weighted by Crippen LogP contribution is -2.37. The lowest BCUT2D eigenvalue weighted by atomic mass is 10.4. The number of imidazole rings is 1. The summed E-state index contributed by atoms with van der Waals surface area (Å²) in [6.45, 7) is 9.45. The van der Waals surface area contributed by atoms with Crippen LogP contribution in [-0.2, 0) is 16.4 Å². The fraction of sp³-hybridized carbons (Fsp3) is 0.545. The van der Waals surface area contributed by atoms with E-state index in [0.717, 1.165) is 0 Å². The van der Waals surface area contributed by atoms with Gasteiger partial charge in [0.2, 0.25) is 0 Å².